The van der Waals surface area contributed by atoms with Crippen LogP contribution >= 0.6 is 0 Å². The van der Waals surface area contributed by atoms with Gasteiger partial charge in [-0.3, -0.25) is 9.36 Å². The van der Waals surface area contributed by atoms with Gasteiger partial charge in [0.25, 0.3) is 0 Å². The number of nitrogens with zero attached hydrogens (tertiary/aromatic N) is 3. The van der Waals surface area contributed by atoms with Gasteiger partial charge in [-0.15, -0.1) is 0 Å². The Bertz CT molecular complexity index is 602. The van der Waals surface area contributed by atoms with Crippen LogP contribution in [0, 0.1) is 0 Å². The molecule has 0 radical (unpaired) electrons. The second-order valence-corrected chi connectivity index (χ2v) is 4.76. The second-order valence-electron chi connectivity index (χ2n) is 4.76. The van der Waals surface area contributed by atoms with Crippen molar-refractivity contribution in [3.63, 3.8) is 0 Å². The summed E-state index contributed by atoms with van der Waals surface area (Å²) in [4.78, 5) is 17.1. The monoisotopic (exact) mass is 309 g/mol. The summed E-state index contributed by atoms with van der Waals surface area (Å²) in [7, 11) is 1.53. The average molecular weight is 309 g/mol. The van der Waals surface area contributed by atoms with E-state index in [2.05, 4.69) is 4.98 Å². The number of ether oxygens (including phenoxy) is 1. The third kappa shape index (κ3) is 4.36. The van der Waals surface area contributed by atoms with Gasteiger partial charge in [0.15, 0.2) is 0 Å². The zero-order valence-electron chi connectivity index (χ0n) is 12.2. The molecule has 1 aromatic heterocycles. The Morgan fingerprint density at radius 1 is 1.36 bits per heavy atom. The maximum absolute atomic E-state index is 12.7. The Balaban J connectivity index is 1.81. The number of carbonyl (C=O) groups excluding carboxylic acids is 1. The van der Waals surface area contributed by atoms with Crippen LogP contribution in [0.3, 0.4) is 0 Å². The minimum Gasteiger partial charge on any atom is -0.367 e. The maximum atomic E-state index is 12.7. The van der Waals surface area contributed by atoms with Crippen LogP contribution in [-0.2, 0) is 22.7 Å². The van der Waals surface area contributed by atoms with Crippen molar-refractivity contribution >= 4 is 5.91 Å². The van der Waals surface area contributed by atoms with Crippen LogP contribution in [0.1, 0.15) is 17.9 Å². The molecule has 2 rings (SSSR count). The van der Waals surface area contributed by atoms with E-state index in [0.717, 1.165) is 10.1 Å². The van der Waals surface area contributed by atoms with Gasteiger partial charge >= 0.3 is 6.55 Å². The van der Waals surface area contributed by atoms with Gasteiger partial charge in [-0.05, 0) is 5.56 Å². The second kappa shape index (κ2) is 7.65. The van der Waals surface area contributed by atoms with E-state index in [4.69, 9.17) is 4.74 Å². The molecule has 0 aliphatic heterocycles. The average Bonchev–Trinajstić information content (AvgIpc) is 2.96. The van der Waals surface area contributed by atoms with Crippen molar-refractivity contribution in [3.8, 4) is 0 Å². The van der Waals surface area contributed by atoms with Gasteiger partial charge in [0.05, 0.1) is 13.2 Å². The van der Waals surface area contributed by atoms with Gasteiger partial charge < -0.3 is 9.64 Å². The molecular formula is C15H17F2N3O2. The van der Waals surface area contributed by atoms with E-state index in [0.29, 0.717) is 6.61 Å². The number of hydrogen-bond acceptors (Lipinski definition) is 3. The van der Waals surface area contributed by atoms with Crippen LogP contribution in [0.5, 0.6) is 0 Å². The molecule has 0 unspecified atom stereocenters. The van der Waals surface area contributed by atoms with E-state index in [1.807, 2.05) is 30.3 Å². The van der Waals surface area contributed by atoms with Gasteiger partial charge in [-0.1, -0.05) is 30.3 Å². The molecule has 22 heavy (non-hydrogen) atoms. The highest BCUT2D eigenvalue weighted by Crippen LogP contribution is 2.13. The van der Waals surface area contributed by atoms with Crippen molar-refractivity contribution in [2.45, 2.75) is 19.7 Å². The zero-order chi connectivity index (χ0) is 15.9. The van der Waals surface area contributed by atoms with Crippen LogP contribution < -0.4 is 0 Å². The highest BCUT2D eigenvalue weighted by molar-refractivity contribution is 5.77. The normalized spacial score (nSPS) is 10.9. The number of rotatable bonds is 7. The lowest BCUT2D eigenvalue weighted by molar-refractivity contribution is -0.136. The Hall–Kier alpha value is -2.28. The molecular weight excluding hydrogens is 292 g/mol. The minimum atomic E-state index is -2.67. The molecule has 0 atom stereocenters. The minimum absolute atomic E-state index is 0.00483. The summed E-state index contributed by atoms with van der Waals surface area (Å²) in [5, 5.41) is 0. The standard InChI is InChI=1S/C15H17F2N3O2/c1-19(9-13-18-7-8-20(13)15(16)17)14(21)11-22-10-12-5-3-2-4-6-12/h2-8,15H,9-11H2,1H3. The number of amides is 1. The molecule has 0 fully saturated rings. The Morgan fingerprint density at radius 3 is 2.77 bits per heavy atom. The molecule has 118 valence electrons. The molecule has 0 saturated heterocycles. The SMILES string of the molecule is CN(Cc1nccn1C(F)F)C(=O)COCc1ccccc1. The number of likely N-dealkylation sites (N-methyl/N-ethyl adjacent to an activating group) is 1. The summed E-state index contributed by atoms with van der Waals surface area (Å²) in [5.41, 5.74) is 0.964. The van der Waals surface area contributed by atoms with Crippen molar-refractivity contribution < 1.29 is 18.3 Å². The number of alkyl halides is 2. The number of carbonyl (C=O) groups is 1. The van der Waals surface area contributed by atoms with Gasteiger partial charge in [0.1, 0.15) is 12.4 Å². The molecule has 0 aliphatic rings. The molecule has 5 nitrogen and oxygen atoms in total. The van der Waals surface area contributed by atoms with Gasteiger partial charge in [0, 0.05) is 19.4 Å². The van der Waals surface area contributed by atoms with Crippen molar-refractivity contribution in [1.82, 2.24) is 14.5 Å². The summed E-state index contributed by atoms with van der Waals surface area (Å²) >= 11 is 0. The van der Waals surface area contributed by atoms with Crippen LogP contribution in [0.25, 0.3) is 0 Å². The van der Waals surface area contributed by atoms with E-state index in [9.17, 15) is 13.6 Å². The van der Waals surface area contributed by atoms with Crippen LogP contribution in [0.2, 0.25) is 0 Å². The molecule has 0 aliphatic carbocycles. The molecule has 2 aromatic rings. The first-order valence-electron chi connectivity index (χ1n) is 6.73. The molecule has 0 spiro atoms. The van der Waals surface area contributed by atoms with Crippen molar-refractivity contribution in [2.75, 3.05) is 13.7 Å². The first-order valence-corrected chi connectivity index (χ1v) is 6.73. The lowest BCUT2D eigenvalue weighted by Gasteiger charge is -2.17. The summed E-state index contributed by atoms with van der Waals surface area (Å²) in [6.07, 6.45) is 2.47. The number of imidazole rings is 1. The molecule has 7 heteroatoms. The first-order chi connectivity index (χ1) is 10.6. The smallest absolute Gasteiger partial charge is 0.319 e. The maximum Gasteiger partial charge on any atom is 0.319 e. The lowest BCUT2D eigenvalue weighted by atomic mass is 10.2. The van der Waals surface area contributed by atoms with E-state index >= 15 is 0 Å². The fraction of sp³-hybridized carbons (Fsp3) is 0.333. The fourth-order valence-electron chi connectivity index (χ4n) is 1.89. The van der Waals surface area contributed by atoms with Crippen molar-refractivity contribution in [1.29, 1.82) is 0 Å². The van der Waals surface area contributed by atoms with E-state index in [1.165, 1.54) is 24.3 Å². The number of aromatic nitrogens is 2. The third-order valence-electron chi connectivity index (χ3n) is 3.10. The van der Waals surface area contributed by atoms with Crippen molar-refractivity contribution in [2.24, 2.45) is 0 Å². The Labute approximate surface area is 127 Å². The highest BCUT2D eigenvalue weighted by Gasteiger charge is 2.16. The van der Waals surface area contributed by atoms with Crippen LogP contribution in [0.15, 0.2) is 42.7 Å². The Morgan fingerprint density at radius 2 is 2.09 bits per heavy atom. The summed E-state index contributed by atoms with van der Waals surface area (Å²) in [6.45, 7) is -2.45. The van der Waals surface area contributed by atoms with Crippen LogP contribution in [0.4, 0.5) is 8.78 Å². The largest absolute Gasteiger partial charge is 0.367 e. The molecule has 1 amide bonds. The quantitative estimate of drug-likeness (QED) is 0.789. The number of benzene rings is 1. The predicted octanol–water partition coefficient (Wildman–Crippen LogP) is 2.45. The molecule has 0 bridgehead atoms. The first kappa shape index (κ1) is 16.1. The van der Waals surface area contributed by atoms with Crippen LogP contribution in [-0.4, -0.2) is 34.0 Å². The summed E-state index contributed by atoms with van der Waals surface area (Å²) < 4.78 is 31.5. The summed E-state index contributed by atoms with van der Waals surface area (Å²) in [5.74, 6) is -0.159. The van der Waals surface area contributed by atoms with E-state index in [1.54, 1.807) is 0 Å². The molecule has 0 saturated carbocycles. The predicted molar refractivity (Wildman–Crippen MR) is 76.1 cm³/mol. The molecule has 1 aromatic carbocycles. The number of halogens is 2. The van der Waals surface area contributed by atoms with E-state index < -0.39 is 6.55 Å². The third-order valence-corrected chi connectivity index (χ3v) is 3.10. The van der Waals surface area contributed by atoms with Gasteiger partial charge in [-0.25, -0.2) is 4.98 Å². The lowest BCUT2D eigenvalue weighted by Crippen LogP contribution is -2.31. The van der Waals surface area contributed by atoms with E-state index in [-0.39, 0.29) is 24.9 Å². The van der Waals surface area contributed by atoms with Crippen molar-refractivity contribution in [3.05, 3.63) is 54.1 Å². The highest BCUT2D eigenvalue weighted by atomic mass is 19.3. The zero-order valence-corrected chi connectivity index (χ0v) is 12.2. The number of hydrogen-bond donors (Lipinski definition) is 0. The Kier molecular flexibility index (Phi) is 5.60. The topological polar surface area (TPSA) is 47.4 Å². The summed E-state index contributed by atoms with van der Waals surface area (Å²) in [6, 6.07) is 9.46. The molecule has 1 heterocycles. The van der Waals surface area contributed by atoms with Gasteiger partial charge in [-0.2, -0.15) is 8.78 Å². The molecule has 0 N–H and O–H groups in total. The fourth-order valence-corrected chi connectivity index (χ4v) is 1.89. The van der Waals surface area contributed by atoms with Gasteiger partial charge in [0.2, 0.25) is 5.91 Å².